The molecule has 5 nitrogen and oxygen atoms in total. The largest absolute Gasteiger partial charge is 0.318 e. The lowest BCUT2D eigenvalue weighted by atomic mass is 10.2. The van der Waals surface area contributed by atoms with Crippen LogP contribution in [0.3, 0.4) is 0 Å². The predicted molar refractivity (Wildman–Crippen MR) is 62.1 cm³/mol. The number of likely N-dealkylation sites (N-methyl/N-ethyl adjacent to an activating group) is 1. The van der Waals surface area contributed by atoms with Crippen LogP contribution in [0.4, 0.5) is 5.82 Å². The number of pyridine rings is 1. The van der Waals surface area contributed by atoms with Gasteiger partial charge in [0.25, 0.3) is 0 Å². The Kier molecular flexibility index (Phi) is 3.48. The van der Waals surface area contributed by atoms with E-state index in [-0.39, 0.29) is 0 Å². The minimum Gasteiger partial charge on any atom is -0.318 e. The molecule has 2 N–H and O–H groups in total. The quantitative estimate of drug-likeness (QED) is 0.679. The van der Waals surface area contributed by atoms with Crippen molar-refractivity contribution in [2.24, 2.45) is 0 Å². The molecule has 1 aliphatic rings. The van der Waals surface area contributed by atoms with E-state index in [1.54, 1.807) is 4.90 Å². The lowest BCUT2D eigenvalue weighted by Crippen LogP contribution is -2.30. The molecule has 1 aliphatic heterocycles. The second-order valence-corrected chi connectivity index (χ2v) is 3.78. The van der Waals surface area contributed by atoms with Crippen LogP contribution in [0.2, 0.25) is 0 Å². The van der Waals surface area contributed by atoms with Crippen molar-refractivity contribution in [1.82, 2.24) is 15.6 Å². The zero-order valence-electron chi connectivity index (χ0n) is 9.36. The number of aromatic nitrogens is 1. The second kappa shape index (κ2) is 5.05. The van der Waals surface area contributed by atoms with E-state index in [2.05, 4.69) is 15.6 Å². The molecule has 0 saturated carbocycles. The number of carbonyl (C=O) groups is 1. The van der Waals surface area contributed by atoms with Crippen molar-refractivity contribution in [1.29, 1.82) is 0 Å². The van der Waals surface area contributed by atoms with Gasteiger partial charge in [0, 0.05) is 26.2 Å². The fourth-order valence-corrected chi connectivity index (χ4v) is 1.76. The molecule has 0 atom stereocenters. The highest BCUT2D eigenvalue weighted by Crippen LogP contribution is 2.17. The summed E-state index contributed by atoms with van der Waals surface area (Å²) in [4.78, 5) is 17.1. The lowest BCUT2D eigenvalue weighted by Gasteiger charge is -2.16. The van der Waals surface area contributed by atoms with Gasteiger partial charge in [-0.25, -0.2) is 4.98 Å². The molecule has 1 aromatic heterocycles. The summed E-state index contributed by atoms with van der Waals surface area (Å²) in [6.07, 6.45) is 0.828. The summed E-state index contributed by atoms with van der Waals surface area (Å²) in [5, 5.41) is 6.25. The Morgan fingerprint density at radius 3 is 3.19 bits per heavy atom. The van der Waals surface area contributed by atoms with Crippen LogP contribution in [-0.2, 0) is 17.9 Å². The fourth-order valence-electron chi connectivity index (χ4n) is 1.76. The van der Waals surface area contributed by atoms with Gasteiger partial charge in [-0.1, -0.05) is 6.07 Å². The topological polar surface area (TPSA) is 57.3 Å². The van der Waals surface area contributed by atoms with Gasteiger partial charge < -0.3 is 10.6 Å². The molecule has 16 heavy (non-hydrogen) atoms. The van der Waals surface area contributed by atoms with Crippen LogP contribution in [0.15, 0.2) is 12.1 Å². The van der Waals surface area contributed by atoms with Gasteiger partial charge in [-0.2, -0.15) is 0 Å². The fraction of sp³-hybridized carbons (Fsp3) is 0.455. The number of nitrogens with zero attached hydrogens (tertiary/aromatic N) is 2. The molecule has 1 amide bonds. The predicted octanol–water partition coefficient (Wildman–Crippen LogP) is -0.133. The maximum Gasteiger partial charge on any atom is 0.215 e. The summed E-state index contributed by atoms with van der Waals surface area (Å²) in [5.41, 5.74) is 2.28. The third-order valence-electron chi connectivity index (χ3n) is 2.69. The molecule has 2 heterocycles. The maximum atomic E-state index is 11.0. The maximum absolute atomic E-state index is 11.0. The molecule has 2 rings (SSSR count). The highest BCUT2D eigenvalue weighted by atomic mass is 16.1. The van der Waals surface area contributed by atoms with Crippen molar-refractivity contribution in [2.75, 3.05) is 25.0 Å². The van der Waals surface area contributed by atoms with Crippen molar-refractivity contribution in [2.45, 2.75) is 13.1 Å². The Morgan fingerprint density at radius 2 is 2.44 bits per heavy atom. The smallest absolute Gasteiger partial charge is 0.215 e. The first-order valence-corrected chi connectivity index (χ1v) is 5.41. The Balaban J connectivity index is 2.15. The van der Waals surface area contributed by atoms with Gasteiger partial charge in [-0.05, 0) is 18.7 Å². The van der Waals surface area contributed by atoms with E-state index < -0.39 is 0 Å². The molecular formula is C11H16N4O. The van der Waals surface area contributed by atoms with E-state index in [9.17, 15) is 4.79 Å². The second-order valence-electron chi connectivity index (χ2n) is 3.78. The van der Waals surface area contributed by atoms with Crippen LogP contribution in [0.25, 0.3) is 0 Å². The molecule has 0 aromatic carbocycles. The SMILES string of the molecule is CNCCN(C=O)c1ccc2c(n1)CNC2. The average molecular weight is 220 g/mol. The normalized spacial score (nSPS) is 13.6. The van der Waals surface area contributed by atoms with Gasteiger partial charge in [0.1, 0.15) is 5.82 Å². The van der Waals surface area contributed by atoms with E-state index in [4.69, 9.17) is 0 Å². The van der Waals surface area contributed by atoms with Gasteiger partial charge in [-0.15, -0.1) is 0 Å². The summed E-state index contributed by atoms with van der Waals surface area (Å²) in [5.74, 6) is 0.729. The van der Waals surface area contributed by atoms with Crippen LogP contribution >= 0.6 is 0 Å². The Hall–Kier alpha value is -1.46. The van der Waals surface area contributed by atoms with Crippen molar-refractivity contribution in [3.05, 3.63) is 23.4 Å². The zero-order valence-corrected chi connectivity index (χ0v) is 9.36. The first-order chi connectivity index (χ1) is 7.85. The van der Waals surface area contributed by atoms with Gasteiger partial charge in [0.15, 0.2) is 0 Å². The van der Waals surface area contributed by atoms with Crippen molar-refractivity contribution in [3.63, 3.8) is 0 Å². The van der Waals surface area contributed by atoms with Gasteiger partial charge in [0.2, 0.25) is 6.41 Å². The molecule has 0 unspecified atom stereocenters. The molecule has 86 valence electrons. The summed E-state index contributed by atoms with van der Waals surface area (Å²) < 4.78 is 0. The number of nitrogens with one attached hydrogen (secondary N) is 2. The van der Waals surface area contributed by atoms with E-state index in [0.29, 0.717) is 6.54 Å². The monoisotopic (exact) mass is 220 g/mol. The third kappa shape index (κ3) is 2.20. The van der Waals surface area contributed by atoms with Gasteiger partial charge in [-0.3, -0.25) is 9.69 Å². The molecule has 0 fully saturated rings. The van der Waals surface area contributed by atoms with Crippen molar-refractivity contribution in [3.8, 4) is 0 Å². The molecule has 1 aromatic rings. The van der Waals surface area contributed by atoms with E-state index in [1.165, 1.54) is 5.56 Å². The van der Waals surface area contributed by atoms with Crippen LogP contribution < -0.4 is 15.5 Å². The summed E-state index contributed by atoms with van der Waals surface area (Å²) in [6, 6.07) is 3.93. The Bertz CT molecular complexity index is 380. The Morgan fingerprint density at radius 1 is 1.56 bits per heavy atom. The summed E-state index contributed by atoms with van der Waals surface area (Å²) in [6.45, 7) is 3.07. The van der Waals surface area contributed by atoms with Crippen LogP contribution in [0.1, 0.15) is 11.3 Å². The first kappa shape index (κ1) is 11.0. The number of hydrogen-bond acceptors (Lipinski definition) is 4. The first-order valence-electron chi connectivity index (χ1n) is 5.41. The number of carbonyl (C=O) groups excluding carboxylic acids is 1. The minimum absolute atomic E-state index is 0.638. The highest BCUT2D eigenvalue weighted by molar-refractivity contribution is 5.72. The molecule has 0 saturated heterocycles. The number of amides is 1. The standard InChI is InChI=1S/C11H16N4O/c1-12-4-5-15(8-16)11-3-2-9-6-13-7-10(9)14-11/h2-3,8,12-13H,4-7H2,1H3. The van der Waals surface area contributed by atoms with Crippen LogP contribution in [0, 0.1) is 0 Å². The third-order valence-corrected chi connectivity index (χ3v) is 2.69. The number of hydrogen-bond donors (Lipinski definition) is 2. The molecule has 5 heteroatoms. The molecule has 0 bridgehead atoms. The van der Waals surface area contributed by atoms with Gasteiger partial charge in [0.05, 0.1) is 5.69 Å². The Labute approximate surface area is 94.9 Å². The van der Waals surface area contributed by atoms with Crippen molar-refractivity contribution < 1.29 is 4.79 Å². The molecule has 0 aliphatic carbocycles. The minimum atomic E-state index is 0.638. The number of anilines is 1. The zero-order chi connectivity index (χ0) is 11.4. The van der Waals surface area contributed by atoms with E-state index in [0.717, 1.165) is 37.6 Å². The lowest BCUT2D eigenvalue weighted by molar-refractivity contribution is -0.107. The number of rotatable bonds is 5. The molecular weight excluding hydrogens is 204 g/mol. The average Bonchev–Trinajstić information content (AvgIpc) is 2.77. The van der Waals surface area contributed by atoms with Gasteiger partial charge >= 0.3 is 0 Å². The van der Waals surface area contributed by atoms with E-state index in [1.807, 2.05) is 19.2 Å². The van der Waals surface area contributed by atoms with E-state index >= 15 is 0 Å². The van der Waals surface area contributed by atoms with Crippen molar-refractivity contribution >= 4 is 12.2 Å². The van der Waals surface area contributed by atoms with Crippen LogP contribution in [0.5, 0.6) is 0 Å². The summed E-state index contributed by atoms with van der Waals surface area (Å²) >= 11 is 0. The molecule has 0 radical (unpaired) electrons. The number of fused-ring (bicyclic) bond motifs is 1. The van der Waals surface area contributed by atoms with Crippen LogP contribution in [-0.4, -0.2) is 31.5 Å². The molecule has 0 spiro atoms. The summed E-state index contributed by atoms with van der Waals surface area (Å²) in [7, 11) is 1.86. The highest BCUT2D eigenvalue weighted by Gasteiger charge is 2.14.